The SMILES string of the molecule is Cc1cc(C)nc(SCC(=O)O[C@@H]2C[C@@H]3CC[C@]2(C)C3(C)C)n1. The molecule has 23 heavy (non-hydrogen) atoms. The lowest BCUT2D eigenvalue weighted by atomic mass is 9.70. The summed E-state index contributed by atoms with van der Waals surface area (Å²) < 4.78 is 5.85. The van der Waals surface area contributed by atoms with Gasteiger partial charge in [-0.15, -0.1) is 0 Å². The summed E-state index contributed by atoms with van der Waals surface area (Å²) in [6.07, 6.45) is 3.50. The molecule has 1 aromatic heterocycles. The van der Waals surface area contributed by atoms with Crippen LogP contribution in [0, 0.1) is 30.6 Å². The van der Waals surface area contributed by atoms with Crippen LogP contribution in [-0.2, 0) is 9.53 Å². The Balaban J connectivity index is 1.58. The fraction of sp³-hybridized carbons (Fsp3) is 0.722. The highest BCUT2D eigenvalue weighted by Gasteiger charge is 2.62. The molecule has 2 fully saturated rings. The average molecular weight is 334 g/mol. The molecule has 3 atom stereocenters. The van der Waals surface area contributed by atoms with Crippen molar-refractivity contribution in [3.63, 3.8) is 0 Å². The molecule has 0 spiro atoms. The summed E-state index contributed by atoms with van der Waals surface area (Å²) in [4.78, 5) is 21.0. The topological polar surface area (TPSA) is 52.1 Å². The van der Waals surface area contributed by atoms with Crippen LogP contribution >= 0.6 is 11.8 Å². The molecular weight excluding hydrogens is 308 g/mol. The van der Waals surface area contributed by atoms with E-state index in [0.29, 0.717) is 11.1 Å². The van der Waals surface area contributed by atoms with Crippen molar-refractivity contribution < 1.29 is 9.53 Å². The minimum Gasteiger partial charge on any atom is -0.461 e. The Hall–Kier alpha value is -1.10. The maximum Gasteiger partial charge on any atom is 0.316 e. The number of hydrogen-bond donors (Lipinski definition) is 0. The molecule has 2 aliphatic carbocycles. The van der Waals surface area contributed by atoms with Gasteiger partial charge < -0.3 is 4.74 Å². The minimum atomic E-state index is -0.146. The third kappa shape index (κ3) is 2.88. The van der Waals surface area contributed by atoms with E-state index in [-0.39, 0.29) is 28.7 Å². The first-order valence-corrected chi connectivity index (χ1v) is 9.35. The van der Waals surface area contributed by atoms with Crippen molar-refractivity contribution in [2.75, 3.05) is 5.75 Å². The fourth-order valence-electron chi connectivity index (χ4n) is 4.38. The van der Waals surface area contributed by atoms with Gasteiger partial charge in [0.1, 0.15) is 6.10 Å². The molecule has 0 N–H and O–H groups in total. The molecule has 3 rings (SSSR count). The molecule has 0 aromatic carbocycles. The lowest BCUT2D eigenvalue weighted by Crippen LogP contribution is -2.38. The molecule has 2 saturated carbocycles. The van der Waals surface area contributed by atoms with Crippen molar-refractivity contribution >= 4 is 17.7 Å². The van der Waals surface area contributed by atoms with Gasteiger partial charge in [-0.1, -0.05) is 32.5 Å². The van der Waals surface area contributed by atoms with Gasteiger partial charge in [0.05, 0.1) is 5.75 Å². The van der Waals surface area contributed by atoms with Crippen LogP contribution in [0.2, 0.25) is 0 Å². The van der Waals surface area contributed by atoms with E-state index in [4.69, 9.17) is 4.74 Å². The first kappa shape index (κ1) is 16.7. The molecule has 4 nitrogen and oxygen atoms in total. The van der Waals surface area contributed by atoms with Crippen LogP contribution in [0.3, 0.4) is 0 Å². The van der Waals surface area contributed by atoms with Gasteiger partial charge in [-0.25, -0.2) is 9.97 Å². The normalized spacial score (nSPS) is 31.3. The summed E-state index contributed by atoms with van der Waals surface area (Å²) >= 11 is 1.36. The lowest BCUT2D eigenvalue weighted by Gasteiger charge is -2.38. The second-order valence-corrected chi connectivity index (χ2v) is 8.75. The van der Waals surface area contributed by atoms with Crippen LogP contribution in [0.25, 0.3) is 0 Å². The van der Waals surface area contributed by atoms with Gasteiger partial charge in [0.2, 0.25) is 0 Å². The zero-order valence-electron chi connectivity index (χ0n) is 14.7. The molecule has 5 heteroatoms. The molecule has 2 aliphatic rings. The number of nitrogens with zero attached hydrogens (tertiary/aromatic N) is 2. The van der Waals surface area contributed by atoms with Crippen LogP contribution in [0.4, 0.5) is 0 Å². The number of thioether (sulfide) groups is 1. The number of esters is 1. The van der Waals surface area contributed by atoms with Crippen LogP contribution in [0.1, 0.15) is 51.4 Å². The second kappa shape index (κ2) is 5.76. The van der Waals surface area contributed by atoms with Crippen LogP contribution in [0.5, 0.6) is 0 Å². The van der Waals surface area contributed by atoms with Crippen molar-refractivity contribution in [1.29, 1.82) is 0 Å². The van der Waals surface area contributed by atoms with E-state index in [0.717, 1.165) is 24.2 Å². The Labute approximate surface area is 142 Å². The first-order valence-electron chi connectivity index (χ1n) is 8.37. The van der Waals surface area contributed by atoms with Crippen molar-refractivity contribution in [3.8, 4) is 0 Å². The molecule has 1 aromatic rings. The molecule has 0 amide bonds. The van der Waals surface area contributed by atoms with Gasteiger partial charge in [-0.05, 0) is 50.5 Å². The van der Waals surface area contributed by atoms with E-state index < -0.39 is 0 Å². The Kier molecular flexibility index (Phi) is 4.20. The van der Waals surface area contributed by atoms with Gasteiger partial charge in [0, 0.05) is 16.8 Å². The van der Waals surface area contributed by atoms with Crippen LogP contribution in [0.15, 0.2) is 11.2 Å². The summed E-state index contributed by atoms with van der Waals surface area (Å²) in [7, 11) is 0. The van der Waals surface area contributed by atoms with Gasteiger partial charge in [-0.2, -0.15) is 0 Å². The highest BCUT2D eigenvalue weighted by atomic mass is 32.2. The summed E-state index contributed by atoms with van der Waals surface area (Å²) in [6.45, 7) is 10.8. The third-order valence-electron chi connectivity index (χ3n) is 6.27. The predicted molar refractivity (Wildman–Crippen MR) is 91.3 cm³/mol. The quantitative estimate of drug-likeness (QED) is 0.474. The maximum absolute atomic E-state index is 12.3. The first-order chi connectivity index (χ1) is 10.7. The molecule has 126 valence electrons. The van der Waals surface area contributed by atoms with Crippen molar-refractivity contribution in [2.45, 2.75) is 65.1 Å². The second-order valence-electron chi connectivity index (χ2n) is 7.81. The van der Waals surface area contributed by atoms with Crippen molar-refractivity contribution in [3.05, 3.63) is 17.5 Å². The summed E-state index contributed by atoms with van der Waals surface area (Å²) in [5, 5.41) is 0.652. The Bertz CT molecular complexity index is 611. The van der Waals surface area contributed by atoms with Gasteiger partial charge in [0.15, 0.2) is 5.16 Å². The van der Waals surface area contributed by atoms with Gasteiger partial charge in [0.25, 0.3) is 0 Å². The Morgan fingerprint density at radius 1 is 1.30 bits per heavy atom. The number of carbonyl (C=O) groups excluding carboxylic acids is 1. The Morgan fingerprint density at radius 3 is 2.48 bits per heavy atom. The monoisotopic (exact) mass is 334 g/mol. The molecule has 0 aliphatic heterocycles. The maximum atomic E-state index is 12.3. The van der Waals surface area contributed by atoms with E-state index in [1.807, 2.05) is 19.9 Å². The lowest BCUT2D eigenvalue weighted by molar-refractivity contribution is -0.153. The average Bonchev–Trinajstić information content (AvgIpc) is 2.77. The molecule has 1 heterocycles. The number of ether oxygens (including phenoxy) is 1. The number of fused-ring (bicyclic) bond motifs is 2. The van der Waals surface area contributed by atoms with Gasteiger partial charge in [-0.3, -0.25) is 4.79 Å². The minimum absolute atomic E-state index is 0.0597. The molecule has 0 radical (unpaired) electrons. The summed E-state index contributed by atoms with van der Waals surface area (Å²) in [5.74, 6) is 0.814. The van der Waals surface area contributed by atoms with E-state index in [9.17, 15) is 4.79 Å². The summed E-state index contributed by atoms with van der Waals surface area (Å²) in [5.41, 5.74) is 2.24. The number of hydrogen-bond acceptors (Lipinski definition) is 5. The highest BCUT2D eigenvalue weighted by molar-refractivity contribution is 7.99. The van der Waals surface area contributed by atoms with Crippen molar-refractivity contribution in [2.24, 2.45) is 16.7 Å². The number of aromatic nitrogens is 2. The number of carbonyl (C=O) groups is 1. The third-order valence-corrected chi connectivity index (χ3v) is 7.09. The van der Waals surface area contributed by atoms with E-state index in [1.54, 1.807) is 0 Å². The predicted octanol–water partition coefficient (Wildman–Crippen LogP) is 3.94. The zero-order chi connectivity index (χ0) is 16.8. The molecule has 2 bridgehead atoms. The Morgan fingerprint density at radius 2 is 1.96 bits per heavy atom. The largest absolute Gasteiger partial charge is 0.461 e. The molecule has 0 unspecified atom stereocenters. The smallest absolute Gasteiger partial charge is 0.316 e. The number of rotatable bonds is 4. The highest BCUT2D eigenvalue weighted by Crippen LogP contribution is 2.66. The van der Waals surface area contributed by atoms with Crippen LogP contribution < -0.4 is 0 Å². The number of aryl methyl sites for hydroxylation is 2. The van der Waals surface area contributed by atoms with Gasteiger partial charge >= 0.3 is 5.97 Å². The molecular formula is C18H26N2O2S. The van der Waals surface area contributed by atoms with Crippen LogP contribution in [-0.4, -0.2) is 27.8 Å². The summed E-state index contributed by atoms with van der Waals surface area (Å²) in [6, 6.07) is 1.93. The molecule has 0 saturated heterocycles. The van der Waals surface area contributed by atoms with E-state index in [1.165, 1.54) is 18.2 Å². The van der Waals surface area contributed by atoms with E-state index in [2.05, 4.69) is 30.7 Å². The fourth-order valence-corrected chi connectivity index (χ4v) is 5.11. The van der Waals surface area contributed by atoms with Crippen molar-refractivity contribution in [1.82, 2.24) is 9.97 Å². The zero-order valence-corrected chi connectivity index (χ0v) is 15.5. The standard InChI is InChI=1S/C18H26N2O2S/c1-11-8-12(2)20-16(19-11)23-10-15(21)22-14-9-13-6-7-18(14,5)17(13,3)4/h8,13-14H,6-7,9-10H2,1-5H3/t13-,14+,18-/m0/s1. The van der Waals surface area contributed by atoms with E-state index >= 15 is 0 Å².